The predicted octanol–water partition coefficient (Wildman–Crippen LogP) is 4.54. The van der Waals surface area contributed by atoms with E-state index in [1.165, 1.54) is 38.2 Å². The van der Waals surface area contributed by atoms with Gasteiger partial charge in [-0.3, -0.25) is 0 Å². The summed E-state index contributed by atoms with van der Waals surface area (Å²) in [6.45, 7) is 2.96. The van der Waals surface area contributed by atoms with Crippen LogP contribution in [0.3, 0.4) is 0 Å². The fourth-order valence-electron chi connectivity index (χ4n) is 2.72. The van der Waals surface area contributed by atoms with Crippen LogP contribution in [0.15, 0.2) is 18.2 Å². The van der Waals surface area contributed by atoms with Crippen molar-refractivity contribution in [2.45, 2.75) is 51.6 Å². The first-order valence-electron chi connectivity index (χ1n) is 6.84. The van der Waals surface area contributed by atoms with Crippen molar-refractivity contribution < 1.29 is 4.39 Å². The molecule has 1 aromatic rings. The van der Waals surface area contributed by atoms with Crippen LogP contribution >= 0.6 is 11.6 Å². The first-order valence-corrected chi connectivity index (χ1v) is 7.22. The molecule has 18 heavy (non-hydrogen) atoms. The van der Waals surface area contributed by atoms with E-state index in [1.807, 2.05) is 6.07 Å². The molecule has 0 bridgehead atoms. The molecular formula is C15H21ClFN. The van der Waals surface area contributed by atoms with Gasteiger partial charge in [0.25, 0.3) is 0 Å². The topological polar surface area (TPSA) is 12.0 Å². The highest BCUT2D eigenvalue weighted by Crippen LogP contribution is 2.24. The molecule has 100 valence electrons. The molecule has 0 heterocycles. The van der Waals surface area contributed by atoms with Gasteiger partial charge in [-0.2, -0.15) is 0 Å². The summed E-state index contributed by atoms with van der Waals surface area (Å²) in [7, 11) is 0. The zero-order valence-corrected chi connectivity index (χ0v) is 11.6. The van der Waals surface area contributed by atoms with Crippen molar-refractivity contribution in [3.8, 4) is 0 Å². The van der Waals surface area contributed by atoms with Crippen LogP contribution < -0.4 is 5.32 Å². The van der Waals surface area contributed by atoms with Gasteiger partial charge in [0.2, 0.25) is 0 Å². The van der Waals surface area contributed by atoms with E-state index >= 15 is 0 Å². The first-order chi connectivity index (χ1) is 8.68. The number of halogens is 2. The van der Waals surface area contributed by atoms with Gasteiger partial charge in [0, 0.05) is 12.6 Å². The zero-order valence-electron chi connectivity index (χ0n) is 10.9. The third-order valence-electron chi connectivity index (χ3n) is 3.95. The third kappa shape index (κ3) is 3.46. The molecule has 0 aliphatic heterocycles. The van der Waals surface area contributed by atoms with Crippen LogP contribution in [0.1, 0.15) is 44.6 Å². The van der Waals surface area contributed by atoms with Crippen molar-refractivity contribution in [1.82, 2.24) is 5.32 Å². The largest absolute Gasteiger partial charge is 0.310 e. The second-order valence-corrected chi connectivity index (χ2v) is 5.69. The van der Waals surface area contributed by atoms with Gasteiger partial charge in [0.15, 0.2) is 0 Å². The Morgan fingerprint density at radius 1 is 1.28 bits per heavy atom. The Balaban J connectivity index is 1.95. The molecule has 2 rings (SSSR count). The van der Waals surface area contributed by atoms with Crippen molar-refractivity contribution in [3.05, 3.63) is 34.6 Å². The normalized spacial score (nSPS) is 24.8. The molecule has 0 aromatic heterocycles. The van der Waals surface area contributed by atoms with E-state index in [-0.39, 0.29) is 10.8 Å². The van der Waals surface area contributed by atoms with Crippen molar-refractivity contribution in [2.24, 2.45) is 5.92 Å². The van der Waals surface area contributed by atoms with E-state index < -0.39 is 0 Å². The van der Waals surface area contributed by atoms with Crippen molar-refractivity contribution in [2.75, 3.05) is 0 Å². The molecule has 2 unspecified atom stereocenters. The van der Waals surface area contributed by atoms with Gasteiger partial charge in [-0.25, -0.2) is 4.39 Å². The molecule has 0 amide bonds. The van der Waals surface area contributed by atoms with E-state index in [0.29, 0.717) is 18.5 Å². The minimum Gasteiger partial charge on any atom is -0.310 e. The Kier molecular flexibility index (Phi) is 5.02. The van der Waals surface area contributed by atoms with E-state index in [1.54, 1.807) is 6.07 Å². The standard InChI is InChI=1S/C15H21ClFN/c1-11-6-3-2-4-9-14(11)18-10-12-7-5-8-13(17)15(12)16/h5,7-8,11,14,18H,2-4,6,9-10H2,1H3. The van der Waals surface area contributed by atoms with E-state index in [0.717, 1.165) is 5.56 Å². The Morgan fingerprint density at radius 3 is 2.89 bits per heavy atom. The molecule has 2 atom stereocenters. The van der Waals surface area contributed by atoms with Gasteiger partial charge in [-0.05, 0) is 30.4 Å². The Hall–Kier alpha value is -0.600. The van der Waals surface area contributed by atoms with Crippen molar-refractivity contribution in [1.29, 1.82) is 0 Å². The number of hydrogen-bond acceptors (Lipinski definition) is 1. The van der Waals surface area contributed by atoms with Gasteiger partial charge in [0.1, 0.15) is 5.82 Å². The Labute approximate surface area is 114 Å². The summed E-state index contributed by atoms with van der Waals surface area (Å²) in [6.07, 6.45) is 6.46. The smallest absolute Gasteiger partial charge is 0.142 e. The third-order valence-corrected chi connectivity index (χ3v) is 4.37. The molecular weight excluding hydrogens is 249 g/mol. The highest BCUT2D eigenvalue weighted by atomic mass is 35.5. The lowest BCUT2D eigenvalue weighted by atomic mass is 9.97. The monoisotopic (exact) mass is 269 g/mol. The van der Waals surface area contributed by atoms with Crippen LogP contribution in [-0.2, 0) is 6.54 Å². The molecule has 1 nitrogen and oxygen atoms in total. The van der Waals surface area contributed by atoms with Gasteiger partial charge < -0.3 is 5.32 Å². The molecule has 1 aliphatic carbocycles. The van der Waals surface area contributed by atoms with Crippen LogP contribution in [0.25, 0.3) is 0 Å². The minimum absolute atomic E-state index is 0.256. The van der Waals surface area contributed by atoms with Gasteiger partial charge in [0.05, 0.1) is 5.02 Å². The fraction of sp³-hybridized carbons (Fsp3) is 0.600. The Bertz CT molecular complexity index is 394. The van der Waals surface area contributed by atoms with E-state index in [2.05, 4.69) is 12.2 Å². The summed E-state index contributed by atoms with van der Waals surface area (Å²) >= 11 is 5.96. The molecule has 1 N–H and O–H groups in total. The van der Waals surface area contributed by atoms with Gasteiger partial charge >= 0.3 is 0 Å². The number of nitrogens with one attached hydrogen (secondary N) is 1. The summed E-state index contributed by atoms with van der Waals surface area (Å²) in [5.74, 6) is 0.365. The summed E-state index contributed by atoms with van der Waals surface area (Å²) in [5, 5.41) is 3.80. The average Bonchev–Trinajstić information content (AvgIpc) is 2.56. The van der Waals surface area contributed by atoms with Crippen molar-refractivity contribution in [3.63, 3.8) is 0 Å². The quantitative estimate of drug-likeness (QED) is 0.795. The maximum Gasteiger partial charge on any atom is 0.142 e. The lowest BCUT2D eigenvalue weighted by Crippen LogP contribution is -2.33. The molecule has 1 aliphatic rings. The van der Waals surface area contributed by atoms with Crippen LogP contribution in [0.2, 0.25) is 5.02 Å². The average molecular weight is 270 g/mol. The second-order valence-electron chi connectivity index (χ2n) is 5.32. The summed E-state index contributed by atoms with van der Waals surface area (Å²) < 4.78 is 13.3. The highest BCUT2D eigenvalue weighted by molar-refractivity contribution is 6.31. The second kappa shape index (κ2) is 6.53. The summed E-state index contributed by atoms with van der Waals surface area (Å²) in [4.78, 5) is 0. The number of benzene rings is 1. The van der Waals surface area contributed by atoms with Crippen LogP contribution in [-0.4, -0.2) is 6.04 Å². The Morgan fingerprint density at radius 2 is 2.06 bits per heavy atom. The summed E-state index contributed by atoms with van der Waals surface area (Å²) in [5.41, 5.74) is 0.855. The molecule has 0 spiro atoms. The number of rotatable bonds is 3. The lowest BCUT2D eigenvalue weighted by Gasteiger charge is -2.23. The van der Waals surface area contributed by atoms with Crippen LogP contribution in [0, 0.1) is 11.7 Å². The molecule has 1 fully saturated rings. The SMILES string of the molecule is CC1CCCCCC1NCc1cccc(F)c1Cl. The fourth-order valence-corrected chi connectivity index (χ4v) is 2.92. The first kappa shape index (κ1) is 13.8. The number of hydrogen-bond donors (Lipinski definition) is 1. The van der Waals surface area contributed by atoms with E-state index in [9.17, 15) is 4.39 Å². The van der Waals surface area contributed by atoms with E-state index in [4.69, 9.17) is 11.6 Å². The summed E-state index contributed by atoms with van der Waals surface area (Å²) in [6, 6.07) is 5.54. The molecule has 3 heteroatoms. The lowest BCUT2D eigenvalue weighted by molar-refractivity contribution is 0.356. The zero-order chi connectivity index (χ0) is 13.0. The molecule has 1 saturated carbocycles. The molecule has 0 saturated heterocycles. The maximum absolute atomic E-state index is 13.3. The van der Waals surface area contributed by atoms with Gasteiger partial charge in [-0.15, -0.1) is 0 Å². The van der Waals surface area contributed by atoms with Gasteiger partial charge in [-0.1, -0.05) is 49.9 Å². The van der Waals surface area contributed by atoms with Crippen LogP contribution in [0.4, 0.5) is 4.39 Å². The predicted molar refractivity (Wildman–Crippen MR) is 74.3 cm³/mol. The van der Waals surface area contributed by atoms with Crippen molar-refractivity contribution >= 4 is 11.6 Å². The molecule has 1 aromatic carbocycles. The highest BCUT2D eigenvalue weighted by Gasteiger charge is 2.19. The maximum atomic E-state index is 13.3. The molecule has 0 radical (unpaired) electrons. The van der Waals surface area contributed by atoms with Crippen LogP contribution in [0.5, 0.6) is 0 Å². The minimum atomic E-state index is -0.329.